The number of benzene rings is 3. The summed E-state index contributed by atoms with van der Waals surface area (Å²) in [7, 11) is 0. The predicted octanol–water partition coefficient (Wildman–Crippen LogP) is 9.05. The number of hydrogen-bond acceptors (Lipinski definition) is 6. The van der Waals surface area contributed by atoms with Crippen molar-refractivity contribution in [2.24, 2.45) is 0 Å². The Balaban J connectivity index is 1.93. The molecule has 0 aliphatic rings. The number of Topliss-reactive ketones (excluding diaryl/α,β-unsaturated/α-hetero) is 2. The number of nitrogens with two attached hydrogens (primary N) is 2. The molecule has 0 atom stereocenters. The lowest BCUT2D eigenvalue weighted by Gasteiger charge is -2.23. The molecule has 0 unspecified atom stereocenters. The Bertz CT molecular complexity index is 1330. The van der Waals surface area contributed by atoms with Crippen molar-refractivity contribution in [3.63, 3.8) is 0 Å². The first-order valence-corrected chi connectivity index (χ1v) is 17.0. The molecular weight excluding hydrogens is 557 g/mol. The van der Waals surface area contributed by atoms with E-state index < -0.39 is 0 Å². The van der Waals surface area contributed by atoms with E-state index in [0.29, 0.717) is 11.1 Å². The molecule has 0 heterocycles. The van der Waals surface area contributed by atoms with Gasteiger partial charge in [0.15, 0.2) is 11.6 Å². The maximum absolute atomic E-state index is 13.6. The summed E-state index contributed by atoms with van der Waals surface area (Å²) in [6.45, 7) is 17.2. The second kappa shape index (κ2) is 14.2. The molecule has 0 bridgehead atoms. The number of thioether (sulfide) groups is 2. The van der Waals surface area contributed by atoms with Crippen LogP contribution in [0.2, 0.25) is 0 Å². The molecule has 0 aromatic heterocycles. The van der Waals surface area contributed by atoms with E-state index in [1.54, 1.807) is 47.8 Å². The minimum absolute atomic E-state index is 0.0176. The Morgan fingerprint density at radius 3 is 1.79 bits per heavy atom. The van der Waals surface area contributed by atoms with Crippen LogP contribution >= 0.6 is 23.5 Å². The second-order valence-corrected chi connectivity index (χ2v) is 15.4. The lowest BCUT2D eigenvalue weighted by Crippen LogP contribution is -2.16. The van der Waals surface area contributed by atoms with Crippen molar-refractivity contribution in [3.05, 3.63) is 87.5 Å². The molecule has 3 aromatic rings. The highest BCUT2D eigenvalue weighted by Gasteiger charge is 2.22. The average Bonchev–Trinajstić information content (AvgIpc) is 2.91. The molecule has 0 amide bonds. The summed E-state index contributed by atoms with van der Waals surface area (Å²) in [6, 6.07) is 15.5. The molecule has 0 aliphatic heterocycles. The molecule has 4 N–H and O–H groups in total. The second-order valence-electron chi connectivity index (χ2n) is 13.0. The monoisotopic (exact) mass is 604 g/mol. The van der Waals surface area contributed by atoms with E-state index >= 15 is 0 Å². The van der Waals surface area contributed by atoms with Gasteiger partial charge in [-0.25, -0.2) is 0 Å². The Morgan fingerprint density at radius 2 is 1.26 bits per heavy atom. The number of anilines is 2. The van der Waals surface area contributed by atoms with E-state index in [9.17, 15) is 9.59 Å². The van der Waals surface area contributed by atoms with E-state index in [2.05, 4.69) is 67.5 Å². The Labute approximate surface area is 261 Å². The summed E-state index contributed by atoms with van der Waals surface area (Å²) in [6.07, 6.45) is 1.50. The van der Waals surface area contributed by atoms with E-state index in [-0.39, 0.29) is 35.2 Å². The minimum atomic E-state index is -0.0889. The maximum atomic E-state index is 13.6. The third-order valence-corrected chi connectivity index (χ3v) is 9.71. The van der Waals surface area contributed by atoms with Crippen LogP contribution in [0.5, 0.6) is 0 Å². The molecule has 226 valence electrons. The minimum Gasteiger partial charge on any atom is -0.398 e. The number of nitrogen functional groups attached to an aromatic ring is 2. The van der Waals surface area contributed by atoms with Crippen LogP contribution in [0.4, 0.5) is 11.4 Å². The predicted molar refractivity (Wildman–Crippen MR) is 184 cm³/mol. The molecule has 3 aromatic carbocycles. The standard InChI is InChI=1S/C36H48N2O2S2/c1-9-14-42-34-26(17-28(21-31(34)38)36(6,7)8)19-33(40)24-13-11-12-23(15-24)32(39)18-25-16-27(35(3,4)5)20-30(37)29(25)22-41-10-2/h11-13,15-17,20-21H,9-10,14,18-19,22,37-38H2,1-8H3. The fourth-order valence-corrected chi connectivity index (χ4v) is 6.51. The molecule has 0 saturated heterocycles. The van der Waals surface area contributed by atoms with Crippen molar-refractivity contribution in [1.82, 2.24) is 0 Å². The zero-order valence-electron chi connectivity index (χ0n) is 26.6. The van der Waals surface area contributed by atoms with Gasteiger partial charge in [-0.3, -0.25) is 9.59 Å². The van der Waals surface area contributed by atoms with Crippen molar-refractivity contribution in [1.29, 1.82) is 0 Å². The van der Waals surface area contributed by atoms with Crippen molar-refractivity contribution in [2.75, 3.05) is 23.0 Å². The zero-order valence-corrected chi connectivity index (χ0v) is 28.3. The Hall–Kier alpha value is -2.70. The summed E-state index contributed by atoms with van der Waals surface area (Å²) < 4.78 is 0. The van der Waals surface area contributed by atoms with Crippen LogP contribution in [0.15, 0.2) is 53.4 Å². The van der Waals surface area contributed by atoms with Gasteiger partial charge in [0.1, 0.15) is 0 Å². The number of hydrogen-bond donors (Lipinski definition) is 2. The van der Waals surface area contributed by atoms with Crippen molar-refractivity contribution < 1.29 is 9.59 Å². The number of carbonyl (C=O) groups excluding carboxylic acids is 2. The fraction of sp³-hybridized carbons (Fsp3) is 0.444. The van der Waals surface area contributed by atoms with Crippen molar-refractivity contribution in [2.45, 2.75) is 96.1 Å². The highest BCUT2D eigenvalue weighted by molar-refractivity contribution is 7.99. The summed E-state index contributed by atoms with van der Waals surface area (Å²) in [5.41, 5.74) is 20.6. The first-order chi connectivity index (χ1) is 19.6. The highest BCUT2D eigenvalue weighted by Crippen LogP contribution is 2.36. The smallest absolute Gasteiger partial charge is 0.167 e. The first-order valence-electron chi connectivity index (χ1n) is 14.9. The van der Waals surface area contributed by atoms with Crippen LogP contribution in [0.25, 0.3) is 0 Å². The summed E-state index contributed by atoms with van der Waals surface area (Å²) in [5, 5.41) is 0. The first kappa shape index (κ1) is 33.8. The summed E-state index contributed by atoms with van der Waals surface area (Å²) >= 11 is 3.50. The summed E-state index contributed by atoms with van der Waals surface area (Å²) in [5.74, 6) is 2.64. The molecule has 0 saturated carbocycles. The lowest BCUT2D eigenvalue weighted by molar-refractivity contribution is 0.0991. The van der Waals surface area contributed by atoms with Crippen molar-refractivity contribution in [3.8, 4) is 0 Å². The van der Waals surface area contributed by atoms with Gasteiger partial charge in [0.05, 0.1) is 0 Å². The molecule has 0 aliphatic carbocycles. The largest absolute Gasteiger partial charge is 0.398 e. The molecular formula is C36H48N2O2S2. The normalized spacial score (nSPS) is 12.0. The molecule has 6 heteroatoms. The van der Waals surface area contributed by atoms with E-state index in [1.807, 2.05) is 12.1 Å². The van der Waals surface area contributed by atoms with Crippen LogP contribution in [-0.4, -0.2) is 23.1 Å². The van der Waals surface area contributed by atoms with Gasteiger partial charge in [-0.15, -0.1) is 11.8 Å². The SMILES string of the molecule is CCCSc1c(N)cc(C(C)(C)C)cc1CC(=O)c1cccc(C(=O)Cc2cc(C(C)(C)C)cc(N)c2CSCC)c1. The summed E-state index contributed by atoms with van der Waals surface area (Å²) in [4.78, 5) is 28.3. The van der Waals surface area contributed by atoms with E-state index in [4.69, 9.17) is 11.5 Å². The molecule has 0 radical (unpaired) electrons. The molecule has 4 nitrogen and oxygen atoms in total. The van der Waals surface area contributed by atoms with Crippen LogP contribution in [0, 0.1) is 0 Å². The molecule has 42 heavy (non-hydrogen) atoms. The van der Waals surface area contributed by atoms with Gasteiger partial charge >= 0.3 is 0 Å². The van der Waals surface area contributed by atoms with Gasteiger partial charge in [-0.05, 0) is 74.8 Å². The molecule has 3 rings (SSSR count). The van der Waals surface area contributed by atoms with E-state index in [0.717, 1.165) is 67.8 Å². The Kier molecular flexibility index (Phi) is 11.4. The number of carbonyl (C=O) groups is 2. The molecule has 0 fully saturated rings. The number of rotatable bonds is 12. The Morgan fingerprint density at radius 1 is 0.738 bits per heavy atom. The van der Waals surface area contributed by atoms with Crippen LogP contribution in [0.1, 0.15) is 110 Å². The fourth-order valence-electron chi connectivity index (χ4n) is 4.80. The van der Waals surface area contributed by atoms with Crippen LogP contribution in [0.3, 0.4) is 0 Å². The van der Waals surface area contributed by atoms with Gasteiger partial charge in [-0.2, -0.15) is 11.8 Å². The van der Waals surface area contributed by atoms with Gasteiger partial charge in [0, 0.05) is 46.0 Å². The van der Waals surface area contributed by atoms with Crippen LogP contribution in [-0.2, 0) is 29.4 Å². The van der Waals surface area contributed by atoms with Crippen LogP contribution < -0.4 is 11.5 Å². The van der Waals surface area contributed by atoms with Crippen molar-refractivity contribution >= 4 is 46.5 Å². The zero-order chi connectivity index (χ0) is 31.2. The third-order valence-electron chi connectivity index (χ3n) is 7.41. The topological polar surface area (TPSA) is 86.2 Å². The van der Waals surface area contributed by atoms with Gasteiger partial charge in [0.25, 0.3) is 0 Å². The number of ketones is 2. The highest BCUT2D eigenvalue weighted by atomic mass is 32.2. The quantitative estimate of drug-likeness (QED) is 0.122. The van der Waals surface area contributed by atoms with E-state index in [1.165, 1.54) is 0 Å². The maximum Gasteiger partial charge on any atom is 0.167 e. The molecule has 0 spiro atoms. The van der Waals surface area contributed by atoms with Gasteiger partial charge < -0.3 is 11.5 Å². The third kappa shape index (κ3) is 8.67. The van der Waals surface area contributed by atoms with Gasteiger partial charge in [0.2, 0.25) is 0 Å². The van der Waals surface area contributed by atoms with Gasteiger partial charge in [-0.1, -0.05) is 85.7 Å². The lowest BCUT2D eigenvalue weighted by atomic mass is 9.83. The average molecular weight is 605 g/mol.